The van der Waals surface area contributed by atoms with Crippen molar-refractivity contribution in [2.45, 2.75) is 6.54 Å². The molecule has 0 spiro atoms. The highest BCUT2D eigenvalue weighted by Crippen LogP contribution is 2.11. The van der Waals surface area contributed by atoms with Gasteiger partial charge in [0.2, 0.25) is 0 Å². The number of hydrogen-bond donors (Lipinski definition) is 3. The molecule has 9 heteroatoms. The van der Waals surface area contributed by atoms with E-state index in [0.29, 0.717) is 17.1 Å². The normalized spacial score (nSPS) is 10.4. The van der Waals surface area contributed by atoms with E-state index in [4.69, 9.17) is 14.9 Å². The zero-order valence-corrected chi connectivity index (χ0v) is 13.1. The van der Waals surface area contributed by atoms with Gasteiger partial charge in [0.1, 0.15) is 11.5 Å². The van der Waals surface area contributed by atoms with Crippen molar-refractivity contribution in [3.05, 3.63) is 54.0 Å². The molecule has 0 saturated heterocycles. The number of hydrogen-bond acceptors (Lipinski definition) is 6. The van der Waals surface area contributed by atoms with E-state index in [-0.39, 0.29) is 13.2 Å². The molecule has 4 N–H and O–H groups in total. The predicted octanol–water partition coefficient (Wildman–Crippen LogP) is -0.0898. The summed E-state index contributed by atoms with van der Waals surface area (Å²) in [6.45, 7) is -0.143. The second-order valence-corrected chi connectivity index (χ2v) is 4.79. The van der Waals surface area contributed by atoms with Gasteiger partial charge in [0.05, 0.1) is 19.0 Å². The van der Waals surface area contributed by atoms with Gasteiger partial charge in [0, 0.05) is 0 Å². The molecule has 0 aliphatic carbocycles. The Morgan fingerprint density at radius 3 is 2.76 bits per heavy atom. The molecule has 0 radical (unpaired) electrons. The van der Waals surface area contributed by atoms with Crippen LogP contribution in [0, 0.1) is 0 Å². The van der Waals surface area contributed by atoms with Crippen LogP contribution in [0.15, 0.2) is 52.2 Å². The summed E-state index contributed by atoms with van der Waals surface area (Å²) >= 11 is 0. The van der Waals surface area contributed by atoms with Gasteiger partial charge in [-0.15, -0.1) is 0 Å². The van der Waals surface area contributed by atoms with E-state index >= 15 is 0 Å². The average Bonchev–Trinajstić information content (AvgIpc) is 3.11. The molecule has 1 aromatic carbocycles. The monoisotopic (exact) mass is 344 g/mol. The molecular weight excluding hydrogens is 328 g/mol. The standard InChI is InChI=1S/C16H16N4O5/c17-14(21)10-25-12-4-1-3-11(7-12)8-19-20-16(23)15(22)18-9-13-5-2-6-24-13/h1-8H,9-10H2,(H2,17,21)(H,18,22)(H,20,23)/b19-8-. The number of benzene rings is 1. The van der Waals surface area contributed by atoms with E-state index < -0.39 is 17.7 Å². The molecule has 0 bridgehead atoms. The van der Waals surface area contributed by atoms with Crippen LogP contribution in [0.3, 0.4) is 0 Å². The highest BCUT2D eigenvalue weighted by Gasteiger charge is 2.12. The molecule has 2 aromatic rings. The Bertz CT molecular complexity index is 771. The van der Waals surface area contributed by atoms with Crippen LogP contribution < -0.4 is 21.2 Å². The molecule has 1 heterocycles. The molecule has 0 fully saturated rings. The van der Waals surface area contributed by atoms with E-state index in [1.54, 1.807) is 36.4 Å². The Morgan fingerprint density at radius 1 is 1.20 bits per heavy atom. The first-order valence-electron chi connectivity index (χ1n) is 7.19. The number of carbonyl (C=O) groups excluding carboxylic acids is 3. The van der Waals surface area contributed by atoms with E-state index in [1.807, 2.05) is 0 Å². The van der Waals surface area contributed by atoms with Gasteiger partial charge in [-0.2, -0.15) is 5.10 Å². The third-order valence-electron chi connectivity index (χ3n) is 2.83. The smallest absolute Gasteiger partial charge is 0.329 e. The summed E-state index contributed by atoms with van der Waals surface area (Å²) in [4.78, 5) is 33.9. The number of nitrogens with one attached hydrogen (secondary N) is 2. The van der Waals surface area contributed by atoms with E-state index in [2.05, 4.69) is 15.8 Å². The van der Waals surface area contributed by atoms with Crippen LogP contribution in [0.25, 0.3) is 0 Å². The molecular formula is C16H16N4O5. The van der Waals surface area contributed by atoms with Crippen LogP contribution in [0.5, 0.6) is 5.75 Å². The fraction of sp³-hybridized carbons (Fsp3) is 0.125. The Hall–Kier alpha value is -3.62. The molecule has 130 valence electrons. The SMILES string of the molecule is NC(=O)COc1cccc(/C=N\NC(=O)C(=O)NCc2ccco2)c1. The van der Waals surface area contributed by atoms with Crippen LogP contribution in [-0.4, -0.2) is 30.5 Å². The molecule has 0 saturated carbocycles. The van der Waals surface area contributed by atoms with Gasteiger partial charge >= 0.3 is 11.8 Å². The first kappa shape index (κ1) is 17.7. The summed E-state index contributed by atoms with van der Waals surface area (Å²) in [6, 6.07) is 9.95. The van der Waals surface area contributed by atoms with Gasteiger partial charge in [-0.1, -0.05) is 12.1 Å². The fourth-order valence-corrected chi connectivity index (χ4v) is 1.72. The van der Waals surface area contributed by atoms with Crippen molar-refractivity contribution < 1.29 is 23.5 Å². The van der Waals surface area contributed by atoms with Gasteiger partial charge in [-0.05, 0) is 29.8 Å². The van der Waals surface area contributed by atoms with Crippen LogP contribution >= 0.6 is 0 Å². The van der Waals surface area contributed by atoms with Crippen molar-refractivity contribution >= 4 is 23.9 Å². The summed E-state index contributed by atoms with van der Waals surface area (Å²) < 4.78 is 10.2. The highest BCUT2D eigenvalue weighted by molar-refractivity contribution is 6.35. The lowest BCUT2D eigenvalue weighted by molar-refractivity contribution is -0.139. The Labute approximate surface area is 142 Å². The summed E-state index contributed by atoms with van der Waals surface area (Å²) in [5, 5.41) is 6.08. The number of primary amides is 1. The minimum atomic E-state index is -0.913. The van der Waals surface area contributed by atoms with Crippen molar-refractivity contribution in [2.24, 2.45) is 10.8 Å². The van der Waals surface area contributed by atoms with Crippen molar-refractivity contribution in [3.8, 4) is 5.75 Å². The highest BCUT2D eigenvalue weighted by atomic mass is 16.5. The molecule has 0 aliphatic rings. The zero-order valence-electron chi connectivity index (χ0n) is 13.1. The maximum atomic E-state index is 11.6. The van der Waals surface area contributed by atoms with Crippen LogP contribution in [0.4, 0.5) is 0 Å². The van der Waals surface area contributed by atoms with Crippen molar-refractivity contribution in [1.82, 2.24) is 10.7 Å². The number of amides is 3. The van der Waals surface area contributed by atoms with Gasteiger partial charge in [-0.25, -0.2) is 5.43 Å². The maximum absolute atomic E-state index is 11.6. The van der Waals surface area contributed by atoms with Gasteiger partial charge in [-0.3, -0.25) is 14.4 Å². The number of ether oxygens (including phenoxy) is 1. The van der Waals surface area contributed by atoms with Gasteiger partial charge in [0.25, 0.3) is 5.91 Å². The quantitative estimate of drug-likeness (QED) is 0.366. The fourth-order valence-electron chi connectivity index (χ4n) is 1.72. The molecule has 3 amide bonds. The number of hydrazone groups is 1. The largest absolute Gasteiger partial charge is 0.484 e. The minimum absolute atomic E-state index is 0.0994. The van der Waals surface area contributed by atoms with E-state index in [9.17, 15) is 14.4 Å². The second-order valence-electron chi connectivity index (χ2n) is 4.79. The predicted molar refractivity (Wildman–Crippen MR) is 87.4 cm³/mol. The first-order valence-corrected chi connectivity index (χ1v) is 7.19. The Balaban J connectivity index is 1.81. The lowest BCUT2D eigenvalue weighted by atomic mass is 10.2. The number of rotatable bonds is 7. The molecule has 0 unspecified atom stereocenters. The Kier molecular flexibility index (Phi) is 6.29. The zero-order chi connectivity index (χ0) is 18.1. The maximum Gasteiger partial charge on any atom is 0.329 e. The summed E-state index contributed by atoms with van der Waals surface area (Å²) in [6.07, 6.45) is 2.79. The molecule has 9 nitrogen and oxygen atoms in total. The first-order chi connectivity index (χ1) is 12.0. The average molecular weight is 344 g/mol. The molecule has 0 atom stereocenters. The number of furan rings is 1. The van der Waals surface area contributed by atoms with Gasteiger partial charge in [0.15, 0.2) is 6.61 Å². The topological polar surface area (TPSA) is 136 Å². The minimum Gasteiger partial charge on any atom is -0.484 e. The molecule has 0 aliphatic heterocycles. The van der Waals surface area contributed by atoms with Crippen LogP contribution in [0.2, 0.25) is 0 Å². The second kappa shape index (κ2) is 8.87. The number of nitrogens with zero attached hydrogens (tertiary/aromatic N) is 1. The third kappa shape index (κ3) is 6.18. The lowest BCUT2D eigenvalue weighted by Crippen LogP contribution is -2.37. The van der Waals surface area contributed by atoms with Crippen molar-refractivity contribution in [1.29, 1.82) is 0 Å². The van der Waals surface area contributed by atoms with Crippen molar-refractivity contribution in [3.63, 3.8) is 0 Å². The molecule has 2 rings (SSSR count). The number of nitrogens with two attached hydrogens (primary N) is 1. The molecule has 1 aromatic heterocycles. The third-order valence-corrected chi connectivity index (χ3v) is 2.83. The van der Waals surface area contributed by atoms with E-state index in [0.717, 1.165) is 0 Å². The van der Waals surface area contributed by atoms with Crippen LogP contribution in [0.1, 0.15) is 11.3 Å². The molecule has 25 heavy (non-hydrogen) atoms. The van der Waals surface area contributed by atoms with E-state index in [1.165, 1.54) is 12.5 Å². The Morgan fingerprint density at radius 2 is 2.04 bits per heavy atom. The van der Waals surface area contributed by atoms with Crippen molar-refractivity contribution in [2.75, 3.05) is 6.61 Å². The van der Waals surface area contributed by atoms with Gasteiger partial charge < -0.3 is 20.2 Å². The number of carbonyl (C=O) groups is 3. The summed E-state index contributed by atoms with van der Waals surface area (Å²) in [5.74, 6) is -1.40. The lowest BCUT2D eigenvalue weighted by Gasteiger charge is -2.04. The summed E-state index contributed by atoms with van der Waals surface area (Å²) in [7, 11) is 0. The summed E-state index contributed by atoms with van der Waals surface area (Å²) in [5.41, 5.74) is 7.69. The van der Waals surface area contributed by atoms with Crippen LogP contribution in [-0.2, 0) is 20.9 Å².